The predicted octanol–water partition coefficient (Wildman–Crippen LogP) is 1.40. The molecule has 1 aliphatic carbocycles. The van der Waals surface area contributed by atoms with E-state index in [0.717, 1.165) is 6.42 Å². The van der Waals surface area contributed by atoms with Crippen molar-refractivity contribution < 1.29 is 18.0 Å². The van der Waals surface area contributed by atoms with Crippen LogP contribution >= 0.6 is 0 Å². The van der Waals surface area contributed by atoms with Crippen LogP contribution in [0.2, 0.25) is 0 Å². The first-order valence-electron chi connectivity index (χ1n) is 9.67. The van der Waals surface area contributed by atoms with Crippen LogP contribution in [-0.4, -0.2) is 47.9 Å². The fourth-order valence-corrected chi connectivity index (χ4v) is 6.89. The quantitative estimate of drug-likeness (QED) is 0.761. The average molecular weight is 396 g/mol. The Morgan fingerprint density at radius 2 is 2.04 bits per heavy atom. The Bertz CT molecular complexity index is 809. The lowest BCUT2D eigenvalue weighted by Crippen LogP contribution is -2.60. The van der Waals surface area contributed by atoms with E-state index in [1.165, 1.54) is 0 Å². The first-order chi connectivity index (χ1) is 12.8. The third kappa shape index (κ3) is 4.05. The average Bonchev–Trinajstić information content (AvgIpc) is 2.99. The van der Waals surface area contributed by atoms with Crippen LogP contribution in [0.5, 0.6) is 0 Å². The van der Waals surface area contributed by atoms with E-state index in [4.69, 9.17) is 0 Å². The number of hydrogen-bond donors (Lipinski definition) is 2. The Morgan fingerprint density at radius 1 is 1.30 bits per heavy atom. The first kappa shape index (κ1) is 19.9. The number of carbonyl (C=O) groups excluding carboxylic acids is 2. The van der Waals surface area contributed by atoms with Gasteiger partial charge in [-0.25, -0.2) is 8.42 Å². The van der Waals surface area contributed by atoms with Gasteiger partial charge in [0.05, 0.1) is 10.5 Å². The lowest BCUT2D eigenvalue weighted by atomic mass is 9.70. The molecule has 2 aliphatic rings. The third-order valence-corrected chi connectivity index (χ3v) is 8.50. The summed E-state index contributed by atoms with van der Waals surface area (Å²) < 4.78 is 26.3. The van der Waals surface area contributed by atoms with Gasteiger partial charge in [0.15, 0.2) is 9.84 Å². The fourth-order valence-electron chi connectivity index (χ4n) is 4.42. The second-order valence-corrected chi connectivity index (χ2v) is 10.5. The van der Waals surface area contributed by atoms with Gasteiger partial charge in [-0.2, -0.15) is 0 Å². The molecule has 7 nitrogen and oxygen atoms in total. The molecule has 27 heavy (non-hydrogen) atoms. The Hall–Kier alpha value is -1.83. The maximum atomic E-state index is 12.7. The second-order valence-electron chi connectivity index (χ2n) is 8.00. The van der Waals surface area contributed by atoms with Crippen LogP contribution in [0, 0.1) is 5.92 Å². The van der Waals surface area contributed by atoms with Gasteiger partial charge in [0.2, 0.25) is 5.91 Å². The van der Waals surface area contributed by atoms with Crippen LogP contribution < -0.4 is 10.6 Å². The van der Waals surface area contributed by atoms with Gasteiger partial charge in [0.25, 0.3) is 5.91 Å². The zero-order chi connectivity index (χ0) is 19.7. The molecule has 1 aliphatic heterocycles. The van der Waals surface area contributed by atoms with E-state index in [1.54, 1.807) is 10.6 Å². The molecule has 1 unspecified atom stereocenters. The minimum atomic E-state index is -3.16. The molecule has 2 fully saturated rings. The van der Waals surface area contributed by atoms with Crippen molar-refractivity contribution in [2.24, 2.45) is 13.0 Å². The van der Waals surface area contributed by atoms with Crippen molar-refractivity contribution in [1.29, 1.82) is 0 Å². The summed E-state index contributed by atoms with van der Waals surface area (Å²) >= 11 is 0. The second kappa shape index (κ2) is 7.66. The van der Waals surface area contributed by atoms with E-state index in [1.807, 2.05) is 26.2 Å². The van der Waals surface area contributed by atoms with Crippen molar-refractivity contribution in [2.75, 3.05) is 12.3 Å². The molecule has 2 amide bonds. The highest BCUT2D eigenvalue weighted by atomic mass is 32.2. The fraction of sp³-hybridized carbons (Fsp3) is 0.684. The molecule has 3 rings (SSSR count). The summed E-state index contributed by atoms with van der Waals surface area (Å²) in [5.41, 5.74) is 0.591. The van der Waals surface area contributed by atoms with Gasteiger partial charge in [-0.3, -0.25) is 9.59 Å². The number of nitrogens with one attached hydrogen (secondary N) is 2. The smallest absolute Gasteiger partial charge is 0.267 e. The summed E-state index contributed by atoms with van der Waals surface area (Å²) in [6.45, 7) is 2.43. The molecule has 2 N–H and O–H groups in total. The lowest BCUT2D eigenvalue weighted by molar-refractivity contribution is -0.122. The molecule has 1 saturated heterocycles. The Kier molecular flexibility index (Phi) is 5.65. The molecule has 1 aromatic heterocycles. The standard InChI is InChI=1S/C19H29N3O4S/c1-3-5-17(23)21-15-7-9-27(25,26)19(12-15)10-14(11-19)13-20-18(24)16-6-4-8-22(16)2/h4,6,8,14-15H,3,5,7,9-13H2,1-2H3,(H,20,24)(H,21,23). The van der Waals surface area contributed by atoms with E-state index >= 15 is 0 Å². The first-order valence-corrected chi connectivity index (χ1v) is 11.3. The van der Waals surface area contributed by atoms with Gasteiger partial charge in [0.1, 0.15) is 5.69 Å². The van der Waals surface area contributed by atoms with Crippen LogP contribution in [0.25, 0.3) is 0 Å². The van der Waals surface area contributed by atoms with Gasteiger partial charge < -0.3 is 15.2 Å². The normalized spacial score (nSPS) is 29.1. The molecular formula is C19H29N3O4S. The number of rotatable bonds is 6. The van der Waals surface area contributed by atoms with Crippen molar-refractivity contribution in [2.45, 2.75) is 56.2 Å². The van der Waals surface area contributed by atoms with Crippen molar-refractivity contribution in [3.63, 3.8) is 0 Å². The molecule has 0 aromatic carbocycles. The molecule has 1 saturated carbocycles. The number of aromatic nitrogens is 1. The van der Waals surface area contributed by atoms with E-state index in [-0.39, 0.29) is 29.5 Å². The molecule has 0 radical (unpaired) electrons. The number of amides is 2. The van der Waals surface area contributed by atoms with E-state index in [9.17, 15) is 18.0 Å². The summed E-state index contributed by atoms with van der Waals surface area (Å²) in [6.07, 6.45) is 5.18. The summed E-state index contributed by atoms with van der Waals surface area (Å²) in [6, 6.07) is 3.51. The molecule has 1 aromatic rings. The summed E-state index contributed by atoms with van der Waals surface area (Å²) in [7, 11) is -1.34. The molecule has 8 heteroatoms. The highest BCUT2D eigenvalue weighted by molar-refractivity contribution is 7.92. The number of hydrogen-bond acceptors (Lipinski definition) is 4. The summed E-state index contributed by atoms with van der Waals surface area (Å²) in [4.78, 5) is 24.1. The van der Waals surface area contributed by atoms with Gasteiger partial charge in [-0.15, -0.1) is 0 Å². The molecular weight excluding hydrogens is 366 g/mol. The lowest BCUT2D eigenvalue weighted by Gasteiger charge is -2.51. The Morgan fingerprint density at radius 3 is 2.67 bits per heavy atom. The number of nitrogens with zero attached hydrogens (tertiary/aromatic N) is 1. The SMILES string of the molecule is CCCC(=O)NC1CCS(=O)(=O)C2(CC(CNC(=O)c3cccn3C)C2)C1. The molecule has 0 bridgehead atoms. The minimum absolute atomic E-state index is 0.00246. The van der Waals surface area contributed by atoms with E-state index < -0.39 is 14.6 Å². The highest BCUT2D eigenvalue weighted by Crippen LogP contribution is 2.49. The molecule has 2 heterocycles. The van der Waals surface area contributed by atoms with Gasteiger partial charge in [-0.05, 0) is 50.2 Å². The zero-order valence-electron chi connectivity index (χ0n) is 16.0. The topological polar surface area (TPSA) is 97.3 Å². The maximum Gasteiger partial charge on any atom is 0.267 e. The number of aryl methyl sites for hydroxylation is 1. The van der Waals surface area contributed by atoms with Crippen LogP contribution in [-0.2, 0) is 21.7 Å². The minimum Gasteiger partial charge on any atom is -0.353 e. The predicted molar refractivity (Wildman–Crippen MR) is 103 cm³/mol. The van der Waals surface area contributed by atoms with Crippen molar-refractivity contribution in [3.05, 3.63) is 24.0 Å². The molecule has 1 spiro atoms. The monoisotopic (exact) mass is 395 g/mol. The molecule has 150 valence electrons. The van der Waals surface area contributed by atoms with Gasteiger partial charge in [-0.1, -0.05) is 6.92 Å². The van der Waals surface area contributed by atoms with Crippen LogP contribution in [0.1, 0.15) is 55.9 Å². The third-order valence-electron chi connectivity index (χ3n) is 5.90. The van der Waals surface area contributed by atoms with Crippen molar-refractivity contribution in [1.82, 2.24) is 15.2 Å². The summed E-state index contributed by atoms with van der Waals surface area (Å²) in [5, 5.41) is 5.91. The largest absolute Gasteiger partial charge is 0.353 e. The van der Waals surface area contributed by atoms with Gasteiger partial charge in [0, 0.05) is 32.3 Å². The Labute approximate surface area is 160 Å². The van der Waals surface area contributed by atoms with E-state index in [0.29, 0.717) is 44.3 Å². The maximum absolute atomic E-state index is 12.7. The number of sulfone groups is 1. The van der Waals surface area contributed by atoms with Gasteiger partial charge >= 0.3 is 0 Å². The Balaban J connectivity index is 1.54. The summed E-state index contributed by atoms with van der Waals surface area (Å²) in [5.74, 6) is 0.156. The number of carbonyl (C=O) groups is 2. The zero-order valence-corrected chi connectivity index (χ0v) is 16.8. The van der Waals surface area contributed by atoms with E-state index in [2.05, 4.69) is 10.6 Å². The highest BCUT2D eigenvalue weighted by Gasteiger charge is 2.56. The molecule has 1 atom stereocenters. The van der Waals surface area contributed by atoms with Crippen molar-refractivity contribution in [3.8, 4) is 0 Å². The van der Waals surface area contributed by atoms with Crippen LogP contribution in [0.4, 0.5) is 0 Å². The van der Waals surface area contributed by atoms with Crippen LogP contribution in [0.3, 0.4) is 0 Å². The van der Waals surface area contributed by atoms with Crippen molar-refractivity contribution >= 4 is 21.7 Å². The van der Waals surface area contributed by atoms with Crippen LogP contribution in [0.15, 0.2) is 18.3 Å².